The molecule has 2 heterocycles. The van der Waals surface area contributed by atoms with Crippen molar-refractivity contribution in [1.29, 1.82) is 0 Å². The molecule has 1 amide bonds. The van der Waals surface area contributed by atoms with E-state index in [9.17, 15) is 4.79 Å². The van der Waals surface area contributed by atoms with Gasteiger partial charge in [-0.15, -0.1) is 12.4 Å². The van der Waals surface area contributed by atoms with E-state index in [2.05, 4.69) is 20.3 Å². The number of nitrogens with zero attached hydrogens (tertiary/aromatic N) is 1. The molecular formula is C11H18ClN3O2. The molecule has 1 aromatic rings. The molecule has 0 radical (unpaired) electrons. The third-order valence-electron chi connectivity index (χ3n) is 2.91. The van der Waals surface area contributed by atoms with Crippen molar-refractivity contribution >= 4 is 18.3 Å². The standard InChI is InChI=1S/C11H17N3O2.ClH/c15-11(10-4-7-16-14-10)13-6-3-9-2-1-5-12-8-9;/h4,7,9,12H,1-3,5-6,8H2,(H,13,15);1H. The van der Waals surface area contributed by atoms with Crippen molar-refractivity contribution in [2.24, 2.45) is 5.92 Å². The maximum Gasteiger partial charge on any atom is 0.273 e. The summed E-state index contributed by atoms with van der Waals surface area (Å²) in [6.07, 6.45) is 4.92. The van der Waals surface area contributed by atoms with Crippen molar-refractivity contribution in [3.05, 3.63) is 18.0 Å². The van der Waals surface area contributed by atoms with E-state index in [0.29, 0.717) is 18.2 Å². The van der Waals surface area contributed by atoms with E-state index >= 15 is 0 Å². The van der Waals surface area contributed by atoms with Crippen LogP contribution in [0.3, 0.4) is 0 Å². The van der Waals surface area contributed by atoms with Crippen molar-refractivity contribution in [3.8, 4) is 0 Å². The number of halogens is 1. The third kappa shape index (κ3) is 4.36. The zero-order valence-corrected chi connectivity index (χ0v) is 10.5. The lowest BCUT2D eigenvalue weighted by Gasteiger charge is -2.22. The van der Waals surface area contributed by atoms with Crippen LogP contribution in [0.15, 0.2) is 16.9 Å². The minimum atomic E-state index is -0.155. The molecule has 1 aliphatic rings. The Morgan fingerprint density at radius 1 is 1.65 bits per heavy atom. The van der Waals surface area contributed by atoms with Crippen LogP contribution in [0.1, 0.15) is 29.8 Å². The minimum absolute atomic E-state index is 0. The second-order valence-electron chi connectivity index (χ2n) is 4.14. The van der Waals surface area contributed by atoms with Gasteiger partial charge in [0.05, 0.1) is 0 Å². The Morgan fingerprint density at radius 3 is 3.18 bits per heavy atom. The Kier molecular flexibility index (Phi) is 6.00. The van der Waals surface area contributed by atoms with E-state index in [1.807, 2.05) is 0 Å². The van der Waals surface area contributed by atoms with Crippen LogP contribution in [-0.2, 0) is 0 Å². The highest BCUT2D eigenvalue weighted by molar-refractivity contribution is 5.91. The summed E-state index contributed by atoms with van der Waals surface area (Å²) in [4.78, 5) is 11.5. The number of carbonyl (C=O) groups excluding carboxylic acids is 1. The minimum Gasteiger partial charge on any atom is -0.364 e. The summed E-state index contributed by atoms with van der Waals surface area (Å²) < 4.78 is 4.61. The summed E-state index contributed by atoms with van der Waals surface area (Å²) in [6.45, 7) is 2.90. The maximum absolute atomic E-state index is 11.5. The summed E-state index contributed by atoms with van der Waals surface area (Å²) in [5.74, 6) is 0.531. The SMILES string of the molecule is Cl.O=C(NCCC1CCCNC1)c1ccon1. The van der Waals surface area contributed by atoms with E-state index in [1.165, 1.54) is 19.1 Å². The number of piperidine rings is 1. The summed E-state index contributed by atoms with van der Waals surface area (Å²) in [5, 5.41) is 9.79. The molecule has 6 heteroatoms. The second-order valence-corrected chi connectivity index (χ2v) is 4.14. The molecule has 1 aliphatic heterocycles. The topological polar surface area (TPSA) is 67.2 Å². The van der Waals surface area contributed by atoms with Crippen LogP contribution >= 0.6 is 12.4 Å². The van der Waals surface area contributed by atoms with Crippen molar-refractivity contribution < 1.29 is 9.32 Å². The molecule has 0 spiro atoms. The molecule has 1 unspecified atom stereocenters. The second kappa shape index (κ2) is 7.29. The van der Waals surface area contributed by atoms with E-state index in [1.54, 1.807) is 6.07 Å². The summed E-state index contributed by atoms with van der Waals surface area (Å²) in [7, 11) is 0. The molecule has 0 aromatic carbocycles. The Bertz CT molecular complexity index is 323. The van der Waals surface area contributed by atoms with Crippen LogP contribution in [-0.4, -0.2) is 30.7 Å². The van der Waals surface area contributed by atoms with Crippen molar-refractivity contribution in [3.63, 3.8) is 0 Å². The van der Waals surface area contributed by atoms with Gasteiger partial charge in [0.25, 0.3) is 5.91 Å². The zero-order valence-electron chi connectivity index (χ0n) is 9.65. The number of nitrogens with one attached hydrogen (secondary N) is 2. The smallest absolute Gasteiger partial charge is 0.273 e. The molecule has 0 bridgehead atoms. The molecule has 1 saturated heterocycles. The van der Waals surface area contributed by atoms with Crippen molar-refractivity contribution in [1.82, 2.24) is 15.8 Å². The number of amides is 1. The largest absolute Gasteiger partial charge is 0.364 e. The zero-order chi connectivity index (χ0) is 11.2. The van der Waals surface area contributed by atoms with E-state index in [0.717, 1.165) is 19.5 Å². The predicted octanol–water partition coefficient (Wildman–Crippen LogP) is 1.22. The summed E-state index contributed by atoms with van der Waals surface area (Å²) in [6, 6.07) is 1.57. The lowest BCUT2D eigenvalue weighted by molar-refractivity contribution is 0.0941. The Morgan fingerprint density at radius 2 is 2.53 bits per heavy atom. The number of aromatic nitrogens is 1. The van der Waals surface area contributed by atoms with Crippen molar-refractivity contribution in [2.75, 3.05) is 19.6 Å². The van der Waals surface area contributed by atoms with Crippen LogP contribution in [0.4, 0.5) is 0 Å². The lowest BCUT2D eigenvalue weighted by Crippen LogP contribution is -2.33. The van der Waals surface area contributed by atoms with Gasteiger partial charge in [-0.2, -0.15) is 0 Å². The average Bonchev–Trinajstić information content (AvgIpc) is 2.84. The van der Waals surface area contributed by atoms with E-state index in [4.69, 9.17) is 0 Å². The highest BCUT2D eigenvalue weighted by Gasteiger charge is 2.13. The average molecular weight is 260 g/mol. The van der Waals surface area contributed by atoms with Gasteiger partial charge < -0.3 is 15.2 Å². The molecule has 1 fully saturated rings. The first-order valence-electron chi connectivity index (χ1n) is 5.75. The van der Waals surface area contributed by atoms with Gasteiger partial charge in [-0.3, -0.25) is 4.79 Å². The molecule has 1 atom stereocenters. The highest BCUT2D eigenvalue weighted by Crippen LogP contribution is 2.12. The molecule has 17 heavy (non-hydrogen) atoms. The third-order valence-corrected chi connectivity index (χ3v) is 2.91. The van der Waals surface area contributed by atoms with Gasteiger partial charge in [0, 0.05) is 12.6 Å². The van der Waals surface area contributed by atoms with Crippen LogP contribution in [0, 0.1) is 5.92 Å². The molecular weight excluding hydrogens is 242 g/mol. The molecule has 0 aliphatic carbocycles. The maximum atomic E-state index is 11.5. The van der Waals surface area contributed by atoms with Gasteiger partial charge in [0.2, 0.25) is 0 Å². The fourth-order valence-electron chi connectivity index (χ4n) is 1.98. The molecule has 2 rings (SSSR count). The molecule has 96 valence electrons. The highest BCUT2D eigenvalue weighted by atomic mass is 35.5. The van der Waals surface area contributed by atoms with Gasteiger partial charge in [-0.1, -0.05) is 5.16 Å². The number of hydrogen-bond acceptors (Lipinski definition) is 4. The normalized spacial score (nSPS) is 19.4. The summed E-state index contributed by atoms with van der Waals surface area (Å²) in [5.41, 5.74) is 0.349. The number of hydrogen-bond donors (Lipinski definition) is 2. The Labute approximate surface area is 107 Å². The van der Waals surface area contributed by atoms with E-state index in [-0.39, 0.29) is 18.3 Å². The van der Waals surface area contributed by atoms with Gasteiger partial charge >= 0.3 is 0 Å². The Balaban J connectivity index is 0.00000144. The first-order chi connectivity index (χ1) is 7.86. The quantitative estimate of drug-likeness (QED) is 0.853. The van der Waals surface area contributed by atoms with Gasteiger partial charge in [-0.05, 0) is 38.3 Å². The first-order valence-corrected chi connectivity index (χ1v) is 5.75. The molecule has 1 aromatic heterocycles. The fourth-order valence-corrected chi connectivity index (χ4v) is 1.98. The van der Waals surface area contributed by atoms with Crippen molar-refractivity contribution in [2.45, 2.75) is 19.3 Å². The first kappa shape index (κ1) is 14.0. The molecule has 2 N–H and O–H groups in total. The van der Waals surface area contributed by atoms with Crippen LogP contribution in [0.5, 0.6) is 0 Å². The lowest BCUT2D eigenvalue weighted by atomic mass is 9.96. The molecule has 0 saturated carbocycles. The Hall–Kier alpha value is -1.07. The van der Waals surface area contributed by atoms with Gasteiger partial charge in [-0.25, -0.2) is 0 Å². The van der Waals surface area contributed by atoms with Gasteiger partial charge in [0.1, 0.15) is 6.26 Å². The fraction of sp³-hybridized carbons (Fsp3) is 0.636. The number of carbonyl (C=O) groups is 1. The van der Waals surface area contributed by atoms with Crippen LogP contribution < -0.4 is 10.6 Å². The van der Waals surface area contributed by atoms with Gasteiger partial charge in [0.15, 0.2) is 5.69 Å². The summed E-state index contributed by atoms with van der Waals surface area (Å²) >= 11 is 0. The number of rotatable bonds is 4. The predicted molar refractivity (Wildman–Crippen MR) is 66.3 cm³/mol. The van der Waals surface area contributed by atoms with Crippen LogP contribution in [0.2, 0.25) is 0 Å². The van der Waals surface area contributed by atoms with Crippen LogP contribution in [0.25, 0.3) is 0 Å². The monoisotopic (exact) mass is 259 g/mol. The molecule has 5 nitrogen and oxygen atoms in total. The van der Waals surface area contributed by atoms with E-state index < -0.39 is 0 Å².